The normalized spacial score (nSPS) is 16.9. The van der Waals surface area contributed by atoms with E-state index < -0.39 is 29.5 Å². The van der Waals surface area contributed by atoms with Gasteiger partial charge in [-0.2, -0.15) is 0 Å². The number of hydrogen-bond acceptors (Lipinski definition) is 13. The van der Waals surface area contributed by atoms with Crippen LogP contribution in [-0.2, 0) is 32.1 Å². The lowest BCUT2D eigenvalue weighted by Crippen LogP contribution is -2.57. The number of aliphatic hydroxyl groups is 1. The fourth-order valence-electron chi connectivity index (χ4n) is 11.5. The summed E-state index contributed by atoms with van der Waals surface area (Å²) in [6.07, 6.45) is 8.26. The van der Waals surface area contributed by atoms with Gasteiger partial charge in [-0.05, 0) is 97.2 Å². The number of amides is 5. The Hall–Kier alpha value is -8.63. The van der Waals surface area contributed by atoms with E-state index in [0.29, 0.717) is 76.2 Å². The first-order valence-corrected chi connectivity index (χ1v) is 31.0. The number of hydrogen-bond donors (Lipinski definition) is 4. The Bertz CT molecular complexity index is 3710. The number of aromatic nitrogens is 4. The first kappa shape index (κ1) is 61.5. The van der Waals surface area contributed by atoms with Gasteiger partial charge in [-0.15, -0.1) is 11.3 Å². The summed E-state index contributed by atoms with van der Waals surface area (Å²) in [4.78, 5) is 95.5. The quantitative estimate of drug-likeness (QED) is 0.0360. The van der Waals surface area contributed by atoms with Crippen molar-refractivity contribution in [2.75, 3.05) is 58.2 Å². The molecule has 10 rings (SSSR count). The van der Waals surface area contributed by atoms with E-state index in [1.807, 2.05) is 172 Å². The molecule has 0 aliphatic carbocycles. The van der Waals surface area contributed by atoms with Gasteiger partial charge >= 0.3 is 0 Å². The van der Waals surface area contributed by atoms with E-state index in [1.165, 1.54) is 4.90 Å². The molecular formula is C69H77N11O6S. The van der Waals surface area contributed by atoms with Gasteiger partial charge in [0.25, 0.3) is 5.91 Å². The van der Waals surface area contributed by atoms with Crippen molar-refractivity contribution >= 4 is 69.7 Å². The van der Waals surface area contributed by atoms with Crippen LogP contribution < -0.4 is 16.0 Å². The Morgan fingerprint density at radius 3 is 2.22 bits per heavy atom. The highest BCUT2D eigenvalue weighted by molar-refractivity contribution is 7.13. The number of benzene rings is 4. The number of aryl methyl sites for hydroxylation is 1. The molecule has 3 aliphatic heterocycles. The van der Waals surface area contributed by atoms with Gasteiger partial charge in [0.15, 0.2) is 5.82 Å². The number of pyridine rings is 1. The van der Waals surface area contributed by atoms with E-state index in [2.05, 4.69) is 42.7 Å². The number of rotatable bonds is 18. The summed E-state index contributed by atoms with van der Waals surface area (Å²) in [5.74, 6) is 6.99. The summed E-state index contributed by atoms with van der Waals surface area (Å²) in [6.45, 7) is 13.8. The van der Waals surface area contributed by atoms with Crippen molar-refractivity contribution in [1.82, 2.24) is 50.2 Å². The molecule has 4 atom stereocenters. The second kappa shape index (κ2) is 27.8. The van der Waals surface area contributed by atoms with Crippen LogP contribution in [0.3, 0.4) is 0 Å². The molecule has 450 valence electrons. The molecule has 5 amide bonds. The number of anilines is 1. The number of aliphatic hydroxyl groups excluding tert-OH is 1. The number of likely N-dealkylation sites (tertiary alicyclic amines) is 1. The topological polar surface area (TPSA) is 206 Å². The van der Waals surface area contributed by atoms with E-state index in [4.69, 9.17) is 9.97 Å². The molecule has 0 radical (unpaired) electrons. The first-order chi connectivity index (χ1) is 42.0. The average Bonchev–Trinajstić information content (AvgIpc) is 2.26. The van der Waals surface area contributed by atoms with E-state index >= 15 is 0 Å². The fraction of sp³-hybridized carbons (Fsp3) is 0.377. The maximum atomic E-state index is 14.2. The van der Waals surface area contributed by atoms with Crippen LogP contribution in [0.15, 0.2) is 115 Å². The van der Waals surface area contributed by atoms with Crippen molar-refractivity contribution in [3.63, 3.8) is 0 Å². The predicted octanol–water partition coefficient (Wildman–Crippen LogP) is 9.35. The number of unbranched alkanes of at least 4 members (excludes halogenated alkanes) is 2. The first-order valence-electron chi connectivity index (χ1n) is 30.2. The summed E-state index contributed by atoms with van der Waals surface area (Å²) in [6, 6.07) is 31.6. The Kier molecular flexibility index (Phi) is 19.6. The van der Waals surface area contributed by atoms with E-state index in [1.54, 1.807) is 17.5 Å². The number of β-amino-alcohol motifs (C(OH)–C–C–N with tert-alkyl or cyclic N) is 1. The summed E-state index contributed by atoms with van der Waals surface area (Å²) in [5, 5.41) is 21.0. The average molecular weight is 1190 g/mol. The molecule has 4 aromatic carbocycles. The number of nitrogens with one attached hydrogen (secondary N) is 3. The van der Waals surface area contributed by atoms with Crippen molar-refractivity contribution in [3.8, 4) is 33.7 Å². The van der Waals surface area contributed by atoms with Crippen LogP contribution in [0.25, 0.3) is 44.9 Å². The third-order valence-electron chi connectivity index (χ3n) is 16.6. The zero-order valence-corrected chi connectivity index (χ0v) is 51.3. The lowest BCUT2D eigenvalue weighted by Gasteiger charge is -2.35. The van der Waals surface area contributed by atoms with Crippen LogP contribution in [0.2, 0.25) is 0 Å². The van der Waals surface area contributed by atoms with Gasteiger partial charge < -0.3 is 35.8 Å². The molecule has 0 bridgehead atoms. The van der Waals surface area contributed by atoms with Gasteiger partial charge in [-0.25, -0.2) is 15.0 Å². The molecular weight excluding hydrogens is 1110 g/mol. The third-order valence-corrected chi connectivity index (χ3v) is 17.6. The Balaban J connectivity index is 0.614. The monoisotopic (exact) mass is 1190 g/mol. The Morgan fingerprint density at radius 2 is 1.52 bits per heavy atom. The fourth-order valence-corrected chi connectivity index (χ4v) is 12.3. The van der Waals surface area contributed by atoms with Crippen LogP contribution >= 0.6 is 11.3 Å². The second-order valence-corrected chi connectivity index (χ2v) is 24.8. The smallest absolute Gasteiger partial charge is 0.254 e. The second-order valence-electron chi connectivity index (χ2n) is 23.9. The summed E-state index contributed by atoms with van der Waals surface area (Å²) in [7, 11) is 1.86. The molecule has 18 heteroatoms. The van der Waals surface area contributed by atoms with Gasteiger partial charge in [-0.3, -0.25) is 33.9 Å². The number of piperazine rings is 1. The standard InChI is InChI=1S/C69H77N11O6S/c1-45(50-28-30-51(31-29-50)62-46(2)72-44-87-62)73-66(84)59-40-55(81)42-80(59)68(86)63(69(3,4)5)75-60(82)16-8-7-9-17-61(83)78-37-35-77(36-38-78)33-12-13-47-18-20-48(21-19-47)22-23-49-24-26-52(27-25-49)67(85)79-34-32-56-58(43-79)74-64(76-65(56)70-6)54-39-53-14-10-11-15-57(53)71-41-54/h10-11,14-15,18-31,39,41,44-45,55,59,63,81H,7-9,16-17,32-38,40,42-43H2,1-6H3,(H,73,84)(H,75,82)(H,70,74,76)/b23-22+/t45-,55+,59-,63+/m0/s1. The lowest BCUT2D eigenvalue weighted by atomic mass is 9.85. The Labute approximate surface area is 513 Å². The molecule has 2 saturated heterocycles. The predicted molar refractivity (Wildman–Crippen MR) is 342 cm³/mol. The van der Waals surface area contributed by atoms with Gasteiger partial charge in [0.2, 0.25) is 23.6 Å². The lowest BCUT2D eigenvalue weighted by molar-refractivity contribution is -0.144. The SMILES string of the molecule is CNc1nc(-c2cnc3ccccc3c2)nc2c1CCN(C(=O)c1ccc(/C=C/c3ccc(C#CCN4CCN(C(=O)CCCCCC(=O)N[C@H](C(=O)N5C[C@H](O)C[C@H]5C(=O)N[C@@H](C)c5ccc(-c6scnc6C)cc5)C(C)(C)C)CC4)cc3)cc1)C2. The number of carbonyl (C=O) groups is 5. The van der Waals surface area contributed by atoms with Gasteiger partial charge in [0.05, 0.1) is 52.5 Å². The van der Waals surface area contributed by atoms with Crippen LogP contribution in [0.1, 0.15) is 122 Å². The summed E-state index contributed by atoms with van der Waals surface area (Å²) >= 11 is 1.58. The molecule has 17 nitrogen and oxygen atoms in total. The number of carbonyl (C=O) groups excluding carboxylic acids is 5. The molecule has 2 fully saturated rings. The molecule has 7 aromatic rings. The minimum atomic E-state index is -0.912. The van der Waals surface area contributed by atoms with Crippen LogP contribution in [0.4, 0.5) is 5.82 Å². The zero-order valence-electron chi connectivity index (χ0n) is 50.5. The van der Waals surface area contributed by atoms with Crippen LogP contribution in [0, 0.1) is 24.2 Å². The largest absolute Gasteiger partial charge is 0.391 e. The van der Waals surface area contributed by atoms with Crippen LogP contribution in [0.5, 0.6) is 0 Å². The molecule has 6 heterocycles. The highest BCUT2D eigenvalue weighted by Crippen LogP contribution is 2.32. The van der Waals surface area contributed by atoms with Gasteiger partial charge in [-0.1, -0.05) is 118 Å². The summed E-state index contributed by atoms with van der Waals surface area (Å²) in [5.41, 5.74) is 11.2. The number of nitrogens with zero attached hydrogens (tertiary/aromatic N) is 8. The molecule has 4 N–H and O–H groups in total. The van der Waals surface area contributed by atoms with E-state index in [-0.39, 0.29) is 49.1 Å². The van der Waals surface area contributed by atoms with Crippen LogP contribution in [-0.4, -0.2) is 145 Å². The van der Waals surface area contributed by atoms with Crippen molar-refractivity contribution in [3.05, 3.63) is 160 Å². The molecule has 0 unspecified atom stereocenters. The van der Waals surface area contributed by atoms with Crippen molar-refractivity contribution in [2.45, 2.75) is 110 Å². The molecule has 3 aliphatic rings. The maximum Gasteiger partial charge on any atom is 0.254 e. The number of thiazole rings is 1. The zero-order chi connectivity index (χ0) is 61.2. The van der Waals surface area contributed by atoms with Crippen molar-refractivity contribution in [1.29, 1.82) is 0 Å². The number of fused-ring (bicyclic) bond motifs is 2. The van der Waals surface area contributed by atoms with Crippen molar-refractivity contribution in [2.24, 2.45) is 5.41 Å². The van der Waals surface area contributed by atoms with Gasteiger partial charge in [0, 0.05) is 99.4 Å². The van der Waals surface area contributed by atoms with E-state index in [0.717, 1.165) is 85.0 Å². The summed E-state index contributed by atoms with van der Waals surface area (Å²) < 4.78 is 0. The molecule has 0 spiro atoms. The Morgan fingerprint density at radius 1 is 0.805 bits per heavy atom. The highest BCUT2D eigenvalue weighted by atomic mass is 32.1. The van der Waals surface area contributed by atoms with Crippen molar-refractivity contribution < 1.29 is 29.1 Å². The number of para-hydroxylation sites is 1. The van der Waals surface area contributed by atoms with E-state index in [9.17, 15) is 29.1 Å². The van der Waals surface area contributed by atoms with Gasteiger partial charge in [0.1, 0.15) is 17.9 Å². The maximum absolute atomic E-state index is 14.2. The third kappa shape index (κ3) is 15.3. The molecule has 3 aromatic heterocycles. The molecule has 0 saturated carbocycles. The highest BCUT2D eigenvalue weighted by Gasteiger charge is 2.45. The minimum absolute atomic E-state index is 0.00214. The minimum Gasteiger partial charge on any atom is -0.391 e. The molecule has 87 heavy (non-hydrogen) atoms.